The average Bonchev–Trinajstić information content (AvgIpc) is 2.83. The van der Waals surface area contributed by atoms with Gasteiger partial charge < -0.3 is 4.90 Å². The first-order valence-electron chi connectivity index (χ1n) is 6.44. The van der Waals surface area contributed by atoms with E-state index in [2.05, 4.69) is 28.7 Å². The normalized spacial score (nSPS) is 30.4. The van der Waals surface area contributed by atoms with Gasteiger partial charge in [0.05, 0.1) is 6.67 Å². The molecule has 2 aliphatic rings. The minimum atomic E-state index is 0.840. The molecule has 0 aromatic rings. The van der Waals surface area contributed by atoms with Crippen molar-refractivity contribution >= 4 is 0 Å². The Kier molecular flexibility index (Phi) is 4.00. The third kappa shape index (κ3) is 2.92. The Morgan fingerprint density at radius 1 is 1.20 bits per heavy atom. The second kappa shape index (κ2) is 5.28. The minimum Gasteiger partial charge on any atom is -0.302 e. The van der Waals surface area contributed by atoms with Crippen molar-refractivity contribution in [1.29, 1.82) is 0 Å². The Morgan fingerprint density at radius 2 is 2.07 bits per heavy atom. The van der Waals surface area contributed by atoms with Crippen LogP contribution in [0.5, 0.6) is 0 Å². The lowest BCUT2D eigenvalue weighted by Gasteiger charge is -2.23. The molecule has 2 heterocycles. The highest BCUT2D eigenvalue weighted by molar-refractivity contribution is 4.85. The predicted molar refractivity (Wildman–Crippen MR) is 64.0 cm³/mol. The molecular weight excluding hydrogens is 186 g/mol. The van der Waals surface area contributed by atoms with Gasteiger partial charge in [-0.1, -0.05) is 13.3 Å². The Balaban J connectivity index is 1.72. The van der Waals surface area contributed by atoms with E-state index in [1.165, 1.54) is 58.7 Å². The Hall–Kier alpha value is -0.120. The fourth-order valence-corrected chi connectivity index (χ4v) is 2.74. The summed E-state index contributed by atoms with van der Waals surface area (Å²) in [5, 5.41) is 0. The quantitative estimate of drug-likeness (QED) is 0.688. The molecule has 3 heteroatoms. The van der Waals surface area contributed by atoms with E-state index in [0.29, 0.717) is 0 Å². The summed E-state index contributed by atoms with van der Waals surface area (Å²) < 4.78 is 0. The standard InChI is InChI=1S/C12H25N3/c1-3-4-6-14-7-5-12(10-14)15-9-8-13(2)11-15/h12H,3-11H2,1-2H3. The molecule has 0 aromatic carbocycles. The summed E-state index contributed by atoms with van der Waals surface area (Å²) in [7, 11) is 2.23. The lowest BCUT2D eigenvalue weighted by Crippen LogP contribution is -2.36. The summed E-state index contributed by atoms with van der Waals surface area (Å²) in [6.45, 7) is 9.96. The highest BCUT2D eigenvalue weighted by atomic mass is 15.4. The Bertz CT molecular complexity index is 195. The molecular formula is C12H25N3. The highest BCUT2D eigenvalue weighted by Gasteiger charge is 2.30. The summed E-state index contributed by atoms with van der Waals surface area (Å²) in [6.07, 6.45) is 4.08. The minimum absolute atomic E-state index is 0.840. The monoisotopic (exact) mass is 211 g/mol. The largest absolute Gasteiger partial charge is 0.302 e. The van der Waals surface area contributed by atoms with Crippen LogP contribution in [0.3, 0.4) is 0 Å². The van der Waals surface area contributed by atoms with Crippen molar-refractivity contribution < 1.29 is 0 Å². The zero-order valence-electron chi connectivity index (χ0n) is 10.3. The van der Waals surface area contributed by atoms with Gasteiger partial charge in [-0.2, -0.15) is 0 Å². The van der Waals surface area contributed by atoms with E-state index in [1.54, 1.807) is 0 Å². The average molecular weight is 211 g/mol. The van der Waals surface area contributed by atoms with Gasteiger partial charge in [0.2, 0.25) is 0 Å². The molecule has 0 radical (unpaired) electrons. The van der Waals surface area contributed by atoms with Gasteiger partial charge in [0.1, 0.15) is 0 Å². The van der Waals surface area contributed by atoms with E-state index in [9.17, 15) is 0 Å². The zero-order chi connectivity index (χ0) is 10.7. The maximum atomic E-state index is 2.66. The number of nitrogens with zero attached hydrogens (tertiary/aromatic N) is 3. The summed E-state index contributed by atoms with van der Waals surface area (Å²) in [4.78, 5) is 7.73. The number of likely N-dealkylation sites (tertiary alicyclic amines) is 1. The van der Waals surface area contributed by atoms with E-state index in [0.717, 1.165) is 6.04 Å². The third-order valence-corrected chi connectivity index (χ3v) is 3.78. The molecule has 0 amide bonds. The third-order valence-electron chi connectivity index (χ3n) is 3.78. The van der Waals surface area contributed by atoms with Gasteiger partial charge in [0, 0.05) is 25.7 Å². The van der Waals surface area contributed by atoms with E-state index >= 15 is 0 Å². The van der Waals surface area contributed by atoms with Crippen molar-refractivity contribution in [1.82, 2.24) is 14.7 Å². The maximum absolute atomic E-state index is 2.66. The SMILES string of the molecule is CCCCN1CCC(N2CCN(C)C2)C1. The number of unbranched alkanes of at least 4 members (excludes halogenated alkanes) is 1. The molecule has 2 fully saturated rings. The Morgan fingerprint density at radius 3 is 2.73 bits per heavy atom. The fourth-order valence-electron chi connectivity index (χ4n) is 2.74. The van der Waals surface area contributed by atoms with E-state index in [-0.39, 0.29) is 0 Å². The van der Waals surface area contributed by atoms with E-state index in [1.807, 2.05) is 0 Å². The number of rotatable bonds is 4. The molecule has 0 aliphatic carbocycles. The van der Waals surface area contributed by atoms with Gasteiger partial charge in [-0.3, -0.25) is 9.80 Å². The lowest BCUT2D eigenvalue weighted by atomic mass is 10.2. The molecule has 1 atom stereocenters. The number of hydrogen-bond donors (Lipinski definition) is 0. The molecule has 0 saturated carbocycles. The van der Waals surface area contributed by atoms with Crippen molar-refractivity contribution in [3.63, 3.8) is 0 Å². The molecule has 0 bridgehead atoms. The molecule has 1 unspecified atom stereocenters. The van der Waals surface area contributed by atoms with Gasteiger partial charge in [-0.05, 0) is 33.0 Å². The van der Waals surface area contributed by atoms with Crippen LogP contribution in [0.25, 0.3) is 0 Å². The molecule has 2 rings (SSSR count). The number of likely N-dealkylation sites (N-methyl/N-ethyl adjacent to an activating group) is 1. The first-order valence-corrected chi connectivity index (χ1v) is 6.44. The van der Waals surface area contributed by atoms with Gasteiger partial charge >= 0.3 is 0 Å². The summed E-state index contributed by atoms with van der Waals surface area (Å²) >= 11 is 0. The van der Waals surface area contributed by atoms with Crippen LogP contribution in [-0.4, -0.2) is 67.2 Å². The van der Waals surface area contributed by atoms with Crippen LogP contribution in [0.1, 0.15) is 26.2 Å². The smallest absolute Gasteiger partial charge is 0.0507 e. The van der Waals surface area contributed by atoms with Crippen molar-refractivity contribution in [3.05, 3.63) is 0 Å². The highest BCUT2D eigenvalue weighted by Crippen LogP contribution is 2.18. The summed E-state index contributed by atoms with van der Waals surface area (Å²) in [5.74, 6) is 0. The molecule has 0 N–H and O–H groups in total. The van der Waals surface area contributed by atoms with Crippen LogP contribution in [0, 0.1) is 0 Å². The van der Waals surface area contributed by atoms with Gasteiger partial charge in [0.25, 0.3) is 0 Å². The van der Waals surface area contributed by atoms with Crippen LogP contribution >= 0.6 is 0 Å². The van der Waals surface area contributed by atoms with Crippen LogP contribution < -0.4 is 0 Å². The zero-order valence-corrected chi connectivity index (χ0v) is 10.3. The van der Waals surface area contributed by atoms with Gasteiger partial charge in [-0.15, -0.1) is 0 Å². The maximum Gasteiger partial charge on any atom is 0.0507 e. The molecule has 0 spiro atoms. The molecule has 2 aliphatic heterocycles. The molecule has 88 valence electrons. The van der Waals surface area contributed by atoms with E-state index in [4.69, 9.17) is 0 Å². The van der Waals surface area contributed by atoms with Crippen molar-refractivity contribution in [2.45, 2.75) is 32.2 Å². The van der Waals surface area contributed by atoms with Crippen LogP contribution in [0.2, 0.25) is 0 Å². The lowest BCUT2D eigenvalue weighted by molar-refractivity contribution is 0.201. The predicted octanol–water partition coefficient (Wildman–Crippen LogP) is 1.07. The van der Waals surface area contributed by atoms with Crippen molar-refractivity contribution in [2.75, 3.05) is 46.4 Å². The topological polar surface area (TPSA) is 9.72 Å². The second-order valence-corrected chi connectivity index (χ2v) is 5.13. The van der Waals surface area contributed by atoms with Gasteiger partial charge in [0.15, 0.2) is 0 Å². The van der Waals surface area contributed by atoms with Crippen LogP contribution in [0.15, 0.2) is 0 Å². The first-order chi connectivity index (χ1) is 7.29. The first kappa shape index (κ1) is 11.4. The Labute approximate surface area is 94.0 Å². The van der Waals surface area contributed by atoms with Crippen molar-refractivity contribution in [2.24, 2.45) is 0 Å². The summed E-state index contributed by atoms with van der Waals surface area (Å²) in [6, 6.07) is 0.840. The fraction of sp³-hybridized carbons (Fsp3) is 1.00. The van der Waals surface area contributed by atoms with Crippen LogP contribution in [0.4, 0.5) is 0 Å². The van der Waals surface area contributed by atoms with Crippen molar-refractivity contribution in [3.8, 4) is 0 Å². The summed E-state index contributed by atoms with van der Waals surface area (Å²) in [5.41, 5.74) is 0. The molecule has 15 heavy (non-hydrogen) atoms. The van der Waals surface area contributed by atoms with Crippen LogP contribution in [-0.2, 0) is 0 Å². The molecule has 0 aromatic heterocycles. The number of hydrogen-bond acceptors (Lipinski definition) is 3. The second-order valence-electron chi connectivity index (χ2n) is 5.13. The van der Waals surface area contributed by atoms with Gasteiger partial charge in [-0.25, -0.2) is 0 Å². The van der Waals surface area contributed by atoms with E-state index < -0.39 is 0 Å². The molecule has 3 nitrogen and oxygen atoms in total. The molecule has 2 saturated heterocycles.